The molecule has 0 aliphatic rings. The largest absolute Gasteiger partial charge is 0.349 e. The minimum Gasteiger partial charge on any atom is -0.320 e. The van der Waals surface area contributed by atoms with Crippen molar-refractivity contribution in [3.8, 4) is 0 Å². The highest BCUT2D eigenvalue weighted by Crippen LogP contribution is 2.33. The molecular weight excluding hydrogens is 418 g/mol. The van der Waals surface area contributed by atoms with E-state index in [-0.39, 0.29) is 15.7 Å². The molecule has 2 aromatic carbocycles. The van der Waals surface area contributed by atoms with Crippen molar-refractivity contribution >= 4 is 38.3 Å². The molecule has 0 bridgehead atoms. The van der Waals surface area contributed by atoms with E-state index >= 15 is 0 Å². The van der Waals surface area contributed by atoms with Crippen LogP contribution in [0.4, 0.5) is 29.1 Å². The van der Waals surface area contributed by atoms with Crippen LogP contribution in [-0.4, -0.2) is 22.5 Å². The predicted molar refractivity (Wildman–Crippen MR) is 94.1 cm³/mol. The Balaban J connectivity index is 2.40. The molecule has 3 aromatic rings. The summed E-state index contributed by atoms with van der Waals surface area (Å²) >= 11 is 3.05. The topological polar surface area (TPSA) is 38.1 Å². The van der Waals surface area contributed by atoms with Crippen molar-refractivity contribution in [1.82, 2.24) is 9.55 Å². The number of aromatic nitrogens is 2. The Morgan fingerprint density at radius 2 is 2.08 bits per heavy atom. The maximum absolute atomic E-state index is 14.7. The molecule has 0 fully saturated rings. The molecule has 1 aromatic heterocycles. The van der Waals surface area contributed by atoms with Gasteiger partial charge in [-0.1, -0.05) is 22.0 Å². The first-order valence-electron chi connectivity index (χ1n) is 8.72. The Morgan fingerprint density at radius 3 is 2.73 bits per heavy atom. The van der Waals surface area contributed by atoms with Crippen molar-refractivity contribution in [3.63, 3.8) is 0 Å². The molecule has 3 rings (SSSR count). The highest BCUT2D eigenvalue weighted by Gasteiger charge is 2.23. The number of nitrogens with zero attached hydrogens (tertiary/aromatic N) is 3. The quantitative estimate of drug-likeness (QED) is 0.574. The minimum atomic E-state index is -2.98. The molecule has 0 radical (unpaired) electrons. The summed E-state index contributed by atoms with van der Waals surface area (Å²) in [5, 5.41) is -0.454. The van der Waals surface area contributed by atoms with Gasteiger partial charge in [-0.3, -0.25) is 4.57 Å². The summed E-state index contributed by atoms with van der Waals surface area (Å²) in [6.45, 7) is -4.02. The van der Waals surface area contributed by atoms with Crippen LogP contribution in [0.1, 0.15) is 4.11 Å². The lowest BCUT2D eigenvalue weighted by atomic mass is 10.2. The van der Waals surface area contributed by atoms with Crippen molar-refractivity contribution in [2.45, 2.75) is 6.43 Å². The lowest BCUT2D eigenvalue weighted by molar-refractivity contribution is 0.157. The van der Waals surface area contributed by atoms with Crippen molar-refractivity contribution < 1.29 is 21.7 Å². The lowest BCUT2D eigenvalue weighted by Gasteiger charge is -2.25. The van der Waals surface area contributed by atoms with Gasteiger partial charge in [0, 0.05) is 21.2 Å². The number of alkyl halides is 2. The second-order valence-corrected chi connectivity index (χ2v) is 6.23. The number of hydrogen-bond acceptors (Lipinski definition) is 3. The molecule has 0 amide bonds. The van der Waals surface area contributed by atoms with Crippen LogP contribution in [0, 0.1) is 11.6 Å². The van der Waals surface area contributed by atoms with Crippen molar-refractivity contribution in [2.75, 3.05) is 11.4 Å². The van der Waals surface area contributed by atoms with E-state index < -0.39 is 48.5 Å². The fourth-order valence-electron chi connectivity index (χ4n) is 2.56. The third kappa shape index (κ3) is 3.44. The molecular formula is C17H12BrF4N3O. The molecule has 0 saturated carbocycles. The molecule has 0 spiro atoms. The molecule has 136 valence electrons. The van der Waals surface area contributed by atoms with Gasteiger partial charge >= 0.3 is 5.69 Å². The third-order valence-corrected chi connectivity index (χ3v) is 4.04. The first-order valence-corrected chi connectivity index (χ1v) is 8.02. The van der Waals surface area contributed by atoms with Crippen LogP contribution in [0.25, 0.3) is 10.9 Å². The lowest BCUT2D eigenvalue weighted by Crippen LogP contribution is -2.30. The van der Waals surface area contributed by atoms with E-state index in [9.17, 15) is 22.4 Å². The van der Waals surface area contributed by atoms with Crippen molar-refractivity contribution in [3.05, 3.63) is 63.0 Å². The van der Waals surface area contributed by atoms with Gasteiger partial charge in [0.25, 0.3) is 6.43 Å². The first kappa shape index (κ1) is 14.7. The van der Waals surface area contributed by atoms with Gasteiger partial charge in [0.1, 0.15) is 11.6 Å². The van der Waals surface area contributed by atoms with Gasteiger partial charge in [-0.05, 0) is 30.3 Å². The Bertz CT molecular complexity index is 1120. The molecule has 0 atom stereocenters. The zero-order valence-electron chi connectivity index (χ0n) is 15.9. The summed E-state index contributed by atoms with van der Waals surface area (Å²) < 4.78 is 78.2. The predicted octanol–water partition coefficient (Wildman–Crippen LogP) is 4.38. The van der Waals surface area contributed by atoms with E-state index in [1.807, 2.05) is 0 Å². The van der Waals surface area contributed by atoms with Crippen LogP contribution in [-0.2, 0) is 6.98 Å². The van der Waals surface area contributed by atoms with Crippen LogP contribution in [0.2, 0.25) is 0 Å². The summed E-state index contributed by atoms with van der Waals surface area (Å²) in [7, 11) is 0. The van der Waals surface area contributed by atoms with E-state index in [4.69, 9.17) is 4.11 Å². The number of fused-ring (bicyclic) bond motifs is 1. The van der Waals surface area contributed by atoms with Gasteiger partial charge in [-0.25, -0.2) is 22.4 Å². The fourth-order valence-corrected chi connectivity index (χ4v) is 3.02. The van der Waals surface area contributed by atoms with E-state index in [2.05, 4.69) is 20.9 Å². The van der Waals surface area contributed by atoms with Gasteiger partial charge in [0.15, 0.2) is 5.82 Å². The second kappa shape index (κ2) is 7.06. The van der Waals surface area contributed by atoms with Gasteiger partial charge in [-0.15, -0.1) is 0 Å². The summed E-state index contributed by atoms with van der Waals surface area (Å²) in [5.74, 6) is -2.28. The molecule has 1 heterocycles. The molecule has 0 saturated heterocycles. The molecule has 0 unspecified atom stereocenters. The fraction of sp³-hybridized carbons (Fsp3) is 0.176. The average Bonchev–Trinajstić information content (AvgIpc) is 2.56. The summed E-state index contributed by atoms with van der Waals surface area (Å²) in [6.07, 6.45) is -2.95. The Morgan fingerprint density at radius 1 is 1.31 bits per heavy atom. The number of aryl methyl sites for hydroxylation is 1. The average molecular weight is 433 g/mol. The summed E-state index contributed by atoms with van der Waals surface area (Å²) in [6, 6.07) is 6.61. The summed E-state index contributed by atoms with van der Waals surface area (Å²) in [4.78, 5) is 16.8. The van der Waals surface area contributed by atoms with Gasteiger partial charge in [0.2, 0.25) is 0 Å². The van der Waals surface area contributed by atoms with Gasteiger partial charge in [-0.2, -0.15) is 4.98 Å². The number of benzene rings is 2. The number of anilines is 2. The van der Waals surface area contributed by atoms with Crippen molar-refractivity contribution in [2.24, 2.45) is 6.98 Å². The molecule has 4 nitrogen and oxygen atoms in total. The third-order valence-electron chi connectivity index (χ3n) is 3.58. The second-order valence-electron chi connectivity index (χ2n) is 5.32. The van der Waals surface area contributed by atoms with E-state index in [0.29, 0.717) is 4.57 Å². The molecule has 0 N–H and O–H groups in total. The highest BCUT2D eigenvalue weighted by atomic mass is 79.9. The standard InChI is InChI=1S/C17H12BrF4N3O/c1-24-13-4-2-3-12(20)15(13)16(23-17(24)26)25(8-14(21)22)11-6-9(18)5-10(19)7-11/h2-7,14H,8H2,1H3/i1D3. The Kier molecular flexibility index (Phi) is 4.00. The molecule has 0 aliphatic heterocycles. The van der Waals surface area contributed by atoms with E-state index in [1.165, 1.54) is 18.2 Å². The highest BCUT2D eigenvalue weighted by molar-refractivity contribution is 9.10. The molecule has 0 aliphatic carbocycles. The number of hydrogen-bond donors (Lipinski definition) is 0. The zero-order valence-corrected chi connectivity index (χ0v) is 14.5. The monoisotopic (exact) mass is 432 g/mol. The molecule has 26 heavy (non-hydrogen) atoms. The van der Waals surface area contributed by atoms with Crippen LogP contribution in [0.3, 0.4) is 0 Å². The number of halogens is 5. The Labute approximate surface area is 158 Å². The zero-order chi connectivity index (χ0) is 21.5. The van der Waals surface area contributed by atoms with Crippen LogP contribution < -0.4 is 10.6 Å². The van der Waals surface area contributed by atoms with E-state index in [1.54, 1.807) is 0 Å². The Hall–Kier alpha value is -2.42. The smallest absolute Gasteiger partial charge is 0.320 e. The van der Waals surface area contributed by atoms with Crippen LogP contribution in [0.5, 0.6) is 0 Å². The van der Waals surface area contributed by atoms with Crippen molar-refractivity contribution in [1.29, 1.82) is 0 Å². The molecule has 9 heteroatoms. The van der Waals surface area contributed by atoms with Gasteiger partial charge in [0.05, 0.1) is 17.4 Å². The first-order chi connectivity index (χ1) is 13.5. The normalized spacial score (nSPS) is 13.5. The summed E-state index contributed by atoms with van der Waals surface area (Å²) in [5.41, 5.74) is -1.76. The minimum absolute atomic E-state index is 0.125. The number of rotatable bonds is 4. The maximum Gasteiger partial charge on any atom is 0.349 e. The SMILES string of the molecule is [2H]C([2H])([2H])n1c(=O)nc(N(CC(F)F)c2cc(F)cc(Br)c2)c2c(F)cccc21. The van der Waals surface area contributed by atoms with Gasteiger partial charge < -0.3 is 4.90 Å². The van der Waals surface area contributed by atoms with E-state index in [0.717, 1.165) is 23.1 Å². The maximum atomic E-state index is 14.7. The van der Waals surface area contributed by atoms with Crippen LogP contribution in [0.15, 0.2) is 45.7 Å². The van der Waals surface area contributed by atoms with Crippen LogP contribution >= 0.6 is 15.9 Å².